The zero-order valence-corrected chi connectivity index (χ0v) is 23.6. The molecule has 4 aromatic rings. The molecule has 1 aliphatic heterocycles. The highest BCUT2D eigenvalue weighted by Crippen LogP contribution is 2.47. The van der Waals surface area contributed by atoms with E-state index in [1.807, 2.05) is 30.5 Å². The molecule has 2 aliphatic rings. The van der Waals surface area contributed by atoms with Crippen LogP contribution in [-0.4, -0.2) is 39.8 Å². The van der Waals surface area contributed by atoms with Crippen LogP contribution in [-0.2, 0) is 6.61 Å². The van der Waals surface area contributed by atoms with E-state index < -0.39 is 0 Å². The predicted molar refractivity (Wildman–Crippen MR) is 159 cm³/mol. The summed E-state index contributed by atoms with van der Waals surface area (Å²) >= 11 is 0. The van der Waals surface area contributed by atoms with E-state index in [2.05, 4.69) is 28.9 Å². The molecule has 6 rings (SSSR count). The van der Waals surface area contributed by atoms with Crippen LogP contribution in [0.3, 0.4) is 0 Å². The minimum Gasteiger partial charge on any atom is -0.507 e. The Morgan fingerprint density at radius 3 is 2.60 bits per heavy atom. The molecular weight excluding hydrogens is 500 g/mol. The summed E-state index contributed by atoms with van der Waals surface area (Å²) in [5.41, 5.74) is 3.24. The fraction of sp³-hybridized carbons (Fsp3) is 0.500. The molecule has 0 bridgehead atoms. The van der Waals surface area contributed by atoms with Crippen LogP contribution in [0.25, 0.3) is 21.7 Å². The molecule has 1 saturated heterocycles. The Morgan fingerprint density at radius 1 is 1.00 bits per heavy atom. The summed E-state index contributed by atoms with van der Waals surface area (Å²) in [6.07, 6.45) is 14.5. The minimum atomic E-state index is -0.231. The Balaban J connectivity index is 1.48. The Hall–Kier alpha value is -3.09. The molecule has 1 aliphatic carbocycles. The minimum absolute atomic E-state index is 0.158. The summed E-state index contributed by atoms with van der Waals surface area (Å²) in [4.78, 5) is 7.09. The summed E-state index contributed by atoms with van der Waals surface area (Å²) in [6, 6.07) is 11.7. The number of phenolic OH excluding ortho intramolecular Hbond substituents is 1. The van der Waals surface area contributed by atoms with E-state index in [0.29, 0.717) is 35.5 Å². The highest BCUT2D eigenvalue weighted by atomic mass is 16.5. The number of nitrogens with zero attached hydrogens (tertiary/aromatic N) is 2. The largest absolute Gasteiger partial charge is 0.507 e. The Kier molecular flexibility index (Phi) is 8.26. The molecule has 0 spiro atoms. The Bertz CT molecular complexity index is 1440. The van der Waals surface area contributed by atoms with Gasteiger partial charge in [0.05, 0.1) is 25.5 Å². The number of fused-ring (bicyclic) bond motifs is 3. The molecule has 1 saturated carbocycles. The maximum atomic E-state index is 12.0. The summed E-state index contributed by atoms with van der Waals surface area (Å²) < 4.78 is 12.4. The van der Waals surface area contributed by atoms with Gasteiger partial charge in [0, 0.05) is 39.5 Å². The van der Waals surface area contributed by atoms with Gasteiger partial charge in [0.25, 0.3) is 0 Å². The van der Waals surface area contributed by atoms with E-state index in [1.54, 1.807) is 6.26 Å². The second-order valence-corrected chi connectivity index (χ2v) is 11.8. The zero-order valence-electron chi connectivity index (χ0n) is 23.6. The molecule has 3 heterocycles. The van der Waals surface area contributed by atoms with Crippen LogP contribution in [0.2, 0.25) is 0 Å². The van der Waals surface area contributed by atoms with Crippen LogP contribution in [0, 0.1) is 11.8 Å². The number of furan rings is 1. The monoisotopic (exact) mass is 542 g/mol. The van der Waals surface area contributed by atoms with E-state index in [9.17, 15) is 10.2 Å². The third-order valence-corrected chi connectivity index (χ3v) is 9.35. The van der Waals surface area contributed by atoms with Crippen molar-refractivity contribution in [3.63, 3.8) is 0 Å². The summed E-state index contributed by atoms with van der Waals surface area (Å²) in [7, 11) is 0. The predicted octanol–water partition coefficient (Wildman–Crippen LogP) is 7.74. The highest BCUT2D eigenvalue weighted by molar-refractivity contribution is 6.10. The van der Waals surface area contributed by atoms with Crippen LogP contribution < -0.4 is 4.74 Å². The van der Waals surface area contributed by atoms with Crippen molar-refractivity contribution in [2.24, 2.45) is 11.8 Å². The molecule has 2 fully saturated rings. The number of hydrogen-bond donors (Lipinski definition) is 2. The van der Waals surface area contributed by atoms with E-state index in [4.69, 9.17) is 9.15 Å². The highest BCUT2D eigenvalue weighted by Gasteiger charge is 2.32. The van der Waals surface area contributed by atoms with Gasteiger partial charge in [0.1, 0.15) is 11.3 Å². The second-order valence-electron chi connectivity index (χ2n) is 11.8. The summed E-state index contributed by atoms with van der Waals surface area (Å²) in [5, 5.41) is 24.7. The number of likely N-dealkylation sites (tertiary alicyclic amines) is 1. The third kappa shape index (κ3) is 5.31. The zero-order chi connectivity index (χ0) is 27.5. The first-order valence-electron chi connectivity index (χ1n) is 15.2. The number of aromatic hydroxyl groups is 1. The normalized spacial score (nSPS) is 20.1. The topological polar surface area (TPSA) is 79.0 Å². The number of rotatable bonds is 8. The molecule has 6 heteroatoms. The Labute approximate surface area is 237 Å². The van der Waals surface area contributed by atoms with Gasteiger partial charge in [-0.25, -0.2) is 4.98 Å². The average Bonchev–Trinajstić information content (AvgIpc) is 3.29. The number of benzene rings is 2. The van der Waals surface area contributed by atoms with E-state index in [-0.39, 0.29) is 18.4 Å². The third-order valence-electron chi connectivity index (χ3n) is 9.35. The standard InChI is InChI=1S/C34H42N2O4/c1-2-23-11-8-17-36(18-15-23)32(25-14-16-35-29(19-25)39-21-24-9-4-3-5-10-24)31-30-26(20-37)22-40-34(30)28-13-7-6-12-27(28)33(31)38/h6-7,12-14,16,19,22-24,32,37-38H,2-5,8-11,15,17-18,20-21H2,1H3. The number of hydrogen-bond acceptors (Lipinski definition) is 6. The van der Waals surface area contributed by atoms with Gasteiger partial charge in [-0.3, -0.25) is 4.90 Å². The molecule has 212 valence electrons. The van der Waals surface area contributed by atoms with Crippen molar-refractivity contribution in [3.8, 4) is 11.6 Å². The van der Waals surface area contributed by atoms with Gasteiger partial charge in [-0.05, 0) is 68.7 Å². The number of ether oxygens (including phenoxy) is 1. The van der Waals surface area contributed by atoms with Crippen LogP contribution in [0.15, 0.2) is 53.3 Å². The van der Waals surface area contributed by atoms with Gasteiger partial charge < -0.3 is 19.4 Å². The molecule has 2 unspecified atom stereocenters. The number of aromatic nitrogens is 1. The van der Waals surface area contributed by atoms with Crippen molar-refractivity contribution in [3.05, 3.63) is 65.5 Å². The van der Waals surface area contributed by atoms with E-state index in [1.165, 1.54) is 44.9 Å². The lowest BCUT2D eigenvalue weighted by molar-refractivity contribution is 0.201. The van der Waals surface area contributed by atoms with Crippen LogP contribution in [0.5, 0.6) is 11.6 Å². The molecule has 2 N–H and O–H groups in total. The summed E-state index contributed by atoms with van der Waals surface area (Å²) in [6.45, 7) is 4.69. The van der Waals surface area contributed by atoms with Crippen LogP contribution >= 0.6 is 0 Å². The molecule has 6 nitrogen and oxygen atoms in total. The van der Waals surface area contributed by atoms with Crippen LogP contribution in [0.1, 0.15) is 87.4 Å². The van der Waals surface area contributed by atoms with E-state index >= 15 is 0 Å². The fourth-order valence-corrected chi connectivity index (χ4v) is 7.07. The van der Waals surface area contributed by atoms with Crippen molar-refractivity contribution in [2.75, 3.05) is 19.7 Å². The average molecular weight is 543 g/mol. The van der Waals surface area contributed by atoms with Gasteiger partial charge in [-0.2, -0.15) is 0 Å². The first-order chi connectivity index (χ1) is 19.7. The van der Waals surface area contributed by atoms with Crippen LogP contribution in [0.4, 0.5) is 0 Å². The quantitative estimate of drug-likeness (QED) is 0.237. The van der Waals surface area contributed by atoms with Crippen molar-refractivity contribution in [1.82, 2.24) is 9.88 Å². The molecule has 40 heavy (non-hydrogen) atoms. The molecule has 2 aromatic heterocycles. The second kappa shape index (κ2) is 12.2. The smallest absolute Gasteiger partial charge is 0.213 e. The number of pyridine rings is 1. The Morgan fingerprint density at radius 2 is 1.80 bits per heavy atom. The lowest BCUT2D eigenvalue weighted by Crippen LogP contribution is -2.31. The van der Waals surface area contributed by atoms with Crippen molar-refractivity contribution in [1.29, 1.82) is 0 Å². The summed E-state index contributed by atoms with van der Waals surface area (Å²) in [5.74, 6) is 2.20. The van der Waals surface area contributed by atoms with Gasteiger partial charge >= 0.3 is 0 Å². The maximum absolute atomic E-state index is 12.0. The van der Waals surface area contributed by atoms with Gasteiger partial charge in [0.15, 0.2) is 0 Å². The lowest BCUT2D eigenvalue weighted by atomic mass is 9.89. The lowest BCUT2D eigenvalue weighted by Gasteiger charge is -2.33. The SMILES string of the molecule is CCC1CCCN(C(c2ccnc(OCC3CCCCC3)c2)c2c(O)c3ccccc3c3occ(CO)c23)CC1. The first kappa shape index (κ1) is 27.1. The molecule has 0 radical (unpaired) electrons. The number of aliphatic hydroxyl groups excluding tert-OH is 1. The van der Waals surface area contributed by atoms with Gasteiger partial charge in [-0.1, -0.05) is 56.9 Å². The first-order valence-corrected chi connectivity index (χ1v) is 15.2. The number of aliphatic hydroxyl groups is 1. The van der Waals surface area contributed by atoms with E-state index in [0.717, 1.165) is 53.2 Å². The molecule has 0 amide bonds. The molecule has 2 atom stereocenters. The van der Waals surface area contributed by atoms with Crippen molar-refractivity contribution in [2.45, 2.75) is 77.4 Å². The van der Waals surface area contributed by atoms with Gasteiger partial charge in [-0.15, -0.1) is 0 Å². The molecule has 2 aromatic carbocycles. The van der Waals surface area contributed by atoms with Crippen molar-refractivity contribution < 1.29 is 19.4 Å². The molecular formula is C34H42N2O4. The van der Waals surface area contributed by atoms with Crippen molar-refractivity contribution >= 4 is 21.7 Å². The fourth-order valence-electron chi connectivity index (χ4n) is 7.07. The van der Waals surface area contributed by atoms with Gasteiger partial charge in [0.2, 0.25) is 5.88 Å². The maximum Gasteiger partial charge on any atom is 0.213 e. The number of phenols is 1.